The van der Waals surface area contributed by atoms with Crippen molar-refractivity contribution in [2.75, 3.05) is 33.2 Å². The lowest BCUT2D eigenvalue weighted by Gasteiger charge is -2.35. The number of nitrogens with zero attached hydrogens (tertiary/aromatic N) is 6. The minimum Gasteiger partial charge on any atom is -0.302 e. The highest BCUT2D eigenvalue weighted by Crippen LogP contribution is 2.31. The molecular formula is C24H31N6O2+. The van der Waals surface area contributed by atoms with Crippen LogP contribution in [0.4, 0.5) is 10.7 Å². The van der Waals surface area contributed by atoms with Crippen molar-refractivity contribution >= 4 is 23.7 Å². The van der Waals surface area contributed by atoms with Gasteiger partial charge in [0.2, 0.25) is 11.9 Å². The van der Waals surface area contributed by atoms with Gasteiger partial charge in [0.05, 0.1) is 0 Å². The fraction of sp³-hybridized carbons (Fsp3) is 0.500. The molecule has 2 fully saturated rings. The van der Waals surface area contributed by atoms with Crippen LogP contribution in [-0.2, 0) is 4.79 Å². The maximum Gasteiger partial charge on any atom is 0.406 e. The lowest BCUT2D eigenvalue weighted by atomic mass is 10.1. The van der Waals surface area contributed by atoms with Crippen LogP contribution in [-0.4, -0.2) is 70.3 Å². The second kappa shape index (κ2) is 7.85. The number of likely N-dealkylation sites (tertiary alicyclic amines) is 1. The van der Waals surface area contributed by atoms with Crippen LogP contribution in [0.25, 0.3) is 5.69 Å². The molecule has 1 atom stereocenters. The van der Waals surface area contributed by atoms with Crippen molar-refractivity contribution in [3.8, 4) is 5.69 Å². The van der Waals surface area contributed by atoms with Crippen LogP contribution >= 0.6 is 0 Å². The van der Waals surface area contributed by atoms with E-state index in [9.17, 15) is 9.59 Å². The third kappa shape index (κ3) is 3.33. The van der Waals surface area contributed by atoms with E-state index in [0.29, 0.717) is 18.3 Å². The number of urea groups is 1. The topological polar surface area (TPSA) is 65.0 Å². The second-order valence-electron chi connectivity index (χ2n) is 9.27. The summed E-state index contributed by atoms with van der Waals surface area (Å²) >= 11 is 0. The fourth-order valence-electron chi connectivity index (χ4n) is 5.21. The van der Waals surface area contributed by atoms with Crippen LogP contribution in [0.5, 0.6) is 0 Å². The molecule has 0 saturated carbocycles. The number of amides is 3. The van der Waals surface area contributed by atoms with E-state index in [2.05, 4.69) is 41.5 Å². The zero-order valence-electron chi connectivity index (χ0n) is 19.3. The van der Waals surface area contributed by atoms with Crippen molar-refractivity contribution in [3.05, 3.63) is 41.2 Å². The molecule has 0 N–H and O–H groups in total. The predicted octanol–water partition coefficient (Wildman–Crippen LogP) is 2.65. The van der Waals surface area contributed by atoms with E-state index in [4.69, 9.17) is 4.99 Å². The van der Waals surface area contributed by atoms with Gasteiger partial charge in [0.1, 0.15) is 17.6 Å². The molecule has 8 nitrogen and oxygen atoms in total. The normalized spacial score (nSPS) is 21.1. The number of imidazole rings is 1. The molecule has 0 spiro atoms. The Morgan fingerprint density at radius 1 is 1.00 bits per heavy atom. The number of likely N-dealkylation sites (N-methyl/N-ethyl adjacent to an activating group) is 1. The molecule has 2 saturated heterocycles. The Bertz CT molecular complexity index is 1110. The molecular weight excluding hydrogens is 404 g/mol. The standard InChI is InChI=1S/C24H31N6O2/c1-16-12-17(2)14-19(13-16)30-18(3)15-29-20-21(25-23(29)30)26(4)24(32)28(22(20)31)11-10-27-8-6-5-7-9-27/h12-15,20H,5-11H2,1-4H3/q+1. The summed E-state index contributed by atoms with van der Waals surface area (Å²) in [4.78, 5) is 36.6. The number of hydrogen-bond acceptors (Lipinski definition) is 4. The van der Waals surface area contributed by atoms with Crippen LogP contribution in [0.3, 0.4) is 0 Å². The summed E-state index contributed by atoms with van der Waals surface area (Å²) in [6, 6.07) is 5.48. The van der Waals surface area contributed by atoms with Crippen molar-refractivity contribution in [1.29, 1.82) is 0 Å². The Morgan fingerprint density at radius 3 is 2.38 bits per heavy atom. The maximum absolute atomic E-state index is 13.5. The summed E-state index contributed by atoms with van der Waals surface area (Å²) in [6.45, 7) is 9.39. The number of fused-ring (bicyclic) bond motifs is 3. The first-order valence-corrected chi connectivity index (χ1v) is 11.5. The average Bonchev–Trinajstić information content (AvgIpc) is 3.26. The van der Waals surface area contributed by atoms with Gasteiger partial charge in [-0.2, -0.15) is 4.57 Å². The summed E-state index contributed by atoms with van der Waals surface area (Å²) in [5.41, 5.74) is 4.35. The number of aromatic nitrogens is 2. The fourth-order valence-corrected chi connectivity index (χ4v) is 5.21. The number of aryl methyl sites for hydroxylation is 3. The molecule has 0 radical (unpaired) electrons. The third-order valence-corrected chi connectivity index (χ3v) is 6.76. The molecule has 32 heavy (non-hydrogen) atoms. The Labute approximate surface area is 188 Å². The summed E-state index contributed by atoms with van der Waals surface area (Å²) in [5.74, 6) is 0.992. The number of amidine groups is 1. The van der Waals surface area contributed by atoms with Crippen LogP contribution in [0.1, 0.15) is 42.1 Å². The molecule has 1 aromatic heterocycles. The van der Waals surface area contributed by atoms with Crippen molar-refractivity contribution in [2.24, 2.45) is 4.99 Å². The number of rotatable bonds is 4. The van der Waals surface area contributed by atoms with Crippen LogP contribution in [0, 0.1) is 20.8 Å². The summed E-state index contributed by atoms with van der Waals surface area (Å²) < 4.78 is 3.98. The molecule has 168 valence electrons. The smallest absolute Gasteiger partial charge is 0.302 e. The Morgan fingerprint density at radius 2 is 1.69 bits per heavy atom. The first kappa shape index (κ1) is 20.9. The maximum atomic E-state index is 13.5. The Hall–Kier alpha value is -3.00. The highest BCUT2D eigenvalue weighted by molar-refractivity contribution is 6.19. The molecule has 0 bridgehead atoms. The predicted molar refractivity (Wildman–Crippen MR) is 121 cm³/mol. The third-order valence-electron chi connectivity index (χ3n) is 6.76. The van der Waals surface area contributed by atoms with Gasteiger partial charge in [-0.1, -0.05) is 17.5 Å². The van der Waals surface area contributed by atoms with Crippen LogP contribution in [0.2, 0.25) is 0 Å². The molecule has 4 heterocycles. The Kier molecular flexibility index (Phi) is 5.12. The molecule has 3 aliphatic rings. The largest absolute Gasteiger partial charge is 0.406 e. The first-order valence-electron chi connectivity index (χ1n) is 11.5. The van der Waals surface area contributed by atoms with E-state index < -0.39 is 6.04 Å². The molecule has 1 aromatic carbocycles. The minimum atomic E-state index is -0.597. The van der Waals surface area contributed by atoms with Gasteiger partial charge in [0, 0.05) is 20.1 Å². The van der Waals surface area contributed by atoms with Crippen molar-refractivity contribution in [1.82, 2.24) is 19.3 Å². The van der Waals surface area contributed by atoms with E-state index in [0.717, 1.165) is 31.0 Å². The van der Waals surface area contributed by atoms with Gasteiger partial charge in [-0.15, -0.1) is 0 Å². The molecule has 1 unspecified atom stereocenters. The summed E-state index contributed by atoms with van der Waals surface area (Å²) in [7, 11) is 1.72. The Balaban J connectivity index is 1.48. The lowest BCUT2D eigenvalue weighted by Crippen LogP contribution is -2.63. The minimum absolute atomic E-state index is 0.190. The quantitative estimate of drug-likeness (QED) is 0.694. The van der Waals surface area contributed by atoms with E-state index in [1.807, 2.05) is 17.7 Å². The number of benzene rings is 1. The first-order chi connectivity index (χ1) is 15.3. The number of hydrogen-bond donors (Lipinski definition) is 0. The second-order valence-corrected chi connectivity index (χ2v) is 9.27. The average molecular weight is 436 g/mol. The van der Waals surface area contributed by atoms with Crippen LogP contribution in [0.15, 0.2) is 29.4 Å². The number of aliphatic imine (C=N–C) groups is 1. The molecule has 3 aliphatic heterocycles. The lowest BCUT2D eigenvalue weighted by molar-refractivity contribution is -0.676. The van der Waals surface area contributed by atoms with E-state index in [-0.39, 0.29) is 11.9 Å². The number of imide groups is 1. The van der Waals surface area contributed by atoms with Crippen LogP contribution < -0.4 is 4.57 Å². The zero-order chi connectivity index (χ0) is 22.6. The van der Waals surface area contributed by atoms with Gasteiger partial charge < -0.3 is 4.90 Å². The van der Waals surface area contributed by atoms with Gasteiger partial charge in [-0.25, -0.2) is 9.36 Å². The zero-order valence-corrected chi connectivity index (χ0v) is 19.3. The SMILES string of the molecule is Cc1cc(C)cc(-n2c(C)c[n+]3c2N=C2C3C(=O)N(CCN3CCCCC3)C(=O)N2C)c1. The molecule has 0 aliphatic carbocycles. The van der Waals surface area contributed by atoms with E-state index >= 15 is 0 Å². The number of carbonyl (C=O) groups is 2. The summed E-state index contributed by atoms with van der Waals surface area (Å²) in [5, 5.41) is 0. The number of carbonyl (C=O) groups excluding carboxylic acids is 2. The highest BCUT2D eigenvalue weighted by atomic mass is 16.2. The van der Waals surface area contributed by atoms with Gasteiger partial charge in [0.25, 0.3) is 5.91 Å². The highest BCUT2D eigenvalue weighted by Gasteiger charge is 2.53. The molecule has 3 amide bonds. The van der Waals surface area contributed by atoms with Gasteiger partial charge >= 0.3 is 12.0 Å². The van der Waals surface area contributed by atoms with E-state index in [1.165, 1.54) is 40.2 Å². The molecule has 2 aromatic rings. The van der Waals surface area contributed by atoms with Gasteiger partial charge in [-0.3, -0.25) is 14.6 Å². The van der Waals surface area contributed by atoms with E-state index in [1.54, 1.807) is 7.05 Å². The van der Waals surface area contributed by atoms with Crippen molar-refractivity contribution in [2.45, 2.75) is 46.1 Å². The van der Waals surface area contributed by atoms with Crippen molar-refractivity contribution < 1.29 is 14.2 Å². The van der Waals surface area contributed by atoms with Gasteiger partial charge in [0.15, 0.2) is 0 Å². The summed E-state index contributed by atoms with van der Waals surface area (Å²) in [6.07, 6.45) is 5.61. The molecule has 8 heteroatoms. The number of piperidine rings is 1. The molecule has 5 rings (SSSR count). The van der Waals surface area contributed by atoms with Crippen molar-refractivity contribution in [3.63, 3.8) is 0 Å². The monoisotopic (exact) mass is 435 g/mol. The van der Waals surface area contributed by atoms with Gasteiger partial charge in [-0.05, 0) is 70.0 Å².